The fourth-order valence-corrected chi connectivity index (χ4v) is 3.15. The number of benzene rings is 2. The molecule has 0 aliphatic heterocycles. The van der Waals surface area contributed by atoms with Crippen LogP contribution in [0.2, 0.25) is 0 Å². The molecule has 0 radical (unpaired) electrons. The van der Waals surface area contributed by atoms with Crippen LogP contribution in [0.4, 0.5) is 8.78 Å². The molecular weight excluding hydrogens is 320 g/mol. The molecule has 0 saturated carbocycles. The van der Waals surface area contributed by atoms with Gasteiger partial charge in [0.05, 0.1) is 16.6 Å². The summed E-state index contributed by atoms with van der Waals surface area (Å²) >= 11 is 1.34. The smallest absolute Gasteiger partial charge is 0.307 e. The van der Waals surface area contributed by atoms with Gasteiger partial charge in [-0.05, 0) is 35.9 Å². The summed E-state index contributed by atoms with van der Waals surface area (Å²) in [6.07, 6.45) is 1.11. The Labute approximate surface area is 134 Å². The first-order chi connectivity index (χ1) is 11.0. The first-order valence-electron chi connectivity index (χ1n) is 6.76. The Hall–Kier alpha value is -2.60. The second-order valence-electron chi connectivity index (χ2n) is 4.89. The number of hydrogen-bond acceptors (Lipinski definition) is 3. The Morgan fingerprint density at radius 3 is 2.70 bits per heavy atom. The molecule has 3 rings (SSSR count). The average molecular weight is 331 g/mol. The lowest BCUT2D eigenvalue weighted by Gasteiger charge is -2.03. The number of aromatic nitrogens is 1. The summed E-state index contributed by atoms with van der Waals surface area (Å²) in [4.78, 5) is 15.5. The molecule has 0 atom stereocenters. The summed E-state index contributed by atoms with van der Waals surface area (Å²) in [7, 11) is 0. The van der Waals surface area contributed by atoms with Crippen LogP contribution in [-0.2, 0) is 4.79 Å². The minimum atomic E-state index is -1.04. The Morgan fingerprint density at radius 2 is 2.00 bits per heavy atom. The van der Waals surface area contributed by atoms with Gasteiger partial charge in [0.1, 0.15) is 16.6 Å². The number of halogens is 2. The molecule has 0 amide bonds. The predicted octanol–water partition coefficient (Wildman–Crippen LogP) is 4.59. The molecule has 2 aromatic carbocycles. The van der Waals surface area contributed by atoms with Gasteiger partial charge in [-0.25, -0.2) is 13.8 Å². The molecule has 1 N–H and O–H groups in total. The lowest BCUT2D eigenvalue weighted by molar-refractivity contribution is -0.135. The summed E-state index contributed by atoms with van der Waals surface area (Å²) in [5, 5.41) is 9.61. The molecule has 0 aliphatic carbocycles. The van der Waals surface area contributed by atoms with E-state index in [1.165, 1.54) is 23.5 Å². The standard InChI is InChI=1S/C17H11F2NO2S/c18-12-6-5-10(13(19)9-12)7-11(8-16(21)22)17-20-14-3-1-2-4-15(14)23-17/h1-7,9H,8H2,(H,21,22)/b11-7-. The highest BCUT2D eigenvalue weighted by molar-refractivity contribution is 7.19. The molecule has 0 saturated heterocycles. The molecule has 0 unspecified atom stereocenters. The number of para-hydroxylation sites is 1. The molecular formula is C17H11F2NO2S. The first kappa shape index (κ1) is 15.3. The summed E-state index contributed by atoms with van der Waals surface area (Å²) in [5.41, 5.74) is 1.26. The zero-order valence-electron chi connectivity index (χ0n) is 11.8. The third-order valence-corrected chi connectivity index (χ3v) is 4.31. The maximum atomic E-state index is 13.8. The van der Waals surface area contributed by atoms with E-state index < -0.39 is 17.6 Å². The SMILES string of the molecule is O=C(O)C/C(=C/c1ccc(F)cc1F)c1nc2ccccc2s1. The lowest BCUT2D eigenvalue weighted by Crippen LogP contribution is -1.97. The van der Waals surface area contributed by atoms with Crippen molar-refractivity contribution in [3.05, 3.63) is 64.7 Å². The van der Waals surface area contributed by atoms with Crippen LogP contribution in [0.15, 0.2) is 42.5 Å². The highest BCUT2D eigenvalue weighted by atomic mass is 32.1. The Kier molecular flexibility index (Phi) is 4.16. The van der Waals surface area contributed by atoms with Crippen molar-refractivity contribution in [1.29, 1.82) is 0 Å². The molecule has 6 heteroatoms. The van der Waals surface area contributed by atoms with Crippen LogP contribution >= 0.6 is 11.3 Å². The van der Waals surface area contributed by atoms with Crippen molar-refractivity contribution >= 4 is 39.2 Å². The summed E-state index contributed by atoms with van der Waals surface area (Å²) < 4.78 is 27.7. The summed E-state index contributed by atoms with van der Waals surface area (Å²) in [6, 6.07) is 10.6. The number of aliphatic carboxylic acids is 1. The summed E-state index contributed by atoms with van der Waals surface area (Å²) in [5.74, 6) is -2.47. The minimum absolute atomic E-state index is 0.127. The van der Waals surface area contributed by atoms with Gasteiger partial charge in [-0.3, -0.25) is 4.79 Å². The van der Waals surface area contributed by atoms with Crippen LogP contribution in [0.3, 0.4) is 0 Å². The molecule has 1 heterocycles. The second kappa shape index (κ2) is 6.26. The van der Waals surface area contributed by atoms with Crippen molar-refractivity contribution in [2.75, 3.05) is 0 Å². The third-order valence-electron chi connectivity index (χ3n) is 3.20. The first-order valence-corrected chi connectivity index (χ1v) is 7.58. The Morgan fingerprint density at radius 1 is 1.22 bits per heavy atom. The van der Waals surface area contributed by atoms with Crippen LogP contribution in [0.1, 0.15) is 17.0 Å². The molecule has 0 aliphatic rings. The number of thiazole rings is 1. The number of carbonyl (C=O) groups is 1. The van der Waals surface area contributed by atoms with E-state index in [0.29, 0.717) is 10.6 Å². The van der Waals surface area contributed by atoms with Gasteiger partial charge < -0.3 is 5.11 Å². The topological polar surface area (TPSA) is 50.2 Å². The zero-order valence-corrected chi connectivity index (χ0v) is 12.6. The van der Waals surface area contributed by atoms with Crippen LogP contribution in [0, 0.1) is 11.6 Å². The minimum Gasteiger partial charge on any atom is -0.481 e. The van der Waals surface area contributed by atoms with E-state index >= 15 is 0 Å². The van der Waals surface area contributed by atoms with Crippen LogP contribution < -0.4 is 0 Å². The van der Waals surface area contributed by atoms with E-state index in [9.17, 15) is 13.6 Å². The van der Waals surface area contributed by atoms with Gasteiger partial charge in [0, 0.05) is 11.6 Å². The van der Waals surface area contributed by atoms with Gasteiger partial charge in [-0.1, -0.05) is 12.1 Å². The molecule has 23 heavy (non-hydrogen) atoms. The van der Waals surface area contributed by atoms with E-state index in [2.05, 4.69) is 4.98 Å². The maximum Gasteiger partial charge on any atom is 0.307 e. The van der Waals surface area contributed by atoms with E-state index in [1.54, 1.807) is 0 Å². The molecule has 3 aromatic rings. The molecule has 1 aromatic heterocycles. The van der Waals surface area contributed by atoms with E-state index in [1.807, 2.05) is 24.3 Å². The van der Waals surface area contributed by atoms with Crippen molar-refractivity contribution in [3.8, 4) is 0 Å². The van der Waals surface area contributed by atoms with Gasteiger partial charge >= 0.3 is 5.97 Å². The number of hydrogen-bond donors (Lipinski definition) is 1. The lowest BCUT2D eigenvalue weighted by atomic mass is 10.1. The second-order valence-corrected chi connectivity index (χ2v) is 5.92. The number of fused-ring (bicyclic) bond motifs is 1. The summed E-state index contributed by atoms with van der Waals surface area (Å²) in [6.45, 7) is 0. The predicted molar refractivity (Wildman–Crippen MR) is 86.1 cm³/mol. The van der Waals surface area contributed by atoms with Crippen molar-refractivity contribution in [1.82, 2.24) is 4.98 Å². The van der Waals surface area contributed by atoms with Crippen molar-refractivity contribution in [2.45, 2.75) is 6.42 Å². The number of carboxylic acid groups (broad SMARTS) is 1. The Balaban J connectivity index is 2.09. The molecule has 0 fully saturated rings. The number of carboxylic acids is 1. The Bertz CT molecular complexity index is 885. The van der Waals surface area contributed by atoms with Crippen LogP contribution in [0.5, 0.6) is 0 Å². The fraction of sp³-hybridized carbons (Fsp3) is 0.0588. The van der Waals surface area contributed by atoms with Gasteiger partial charge in [0.15, 0.2) is 0 Å². The monoisotopic (exact) mass is 331 g/mol. The van der Waals surface area contributed by atoms with E-state index in [-0.39, 0.29) is 12.0 Å². The van der Waals surface area contributed by atoms with Gasteiger partial charge in [-0.15, -0.1) is 11.3 Å². The molecule has 0 spiro atoms. The largest absolute Gasteiger partial charge is 0.481 e. The van der Waals surface area contributed by atoms with E-state index in [0.717, 1.165) is 22.3 Å². The number of rotatable bonds is 4. The molecule has 116 valence electrons. The van der Waals surface area contributed by atoms with Gasteiger partial charge in [0.2, 0.25) is 0 Å². The highest BCUT2D eigenvalue weighted by Crippen LogP contribution is 2.30. The van der Waals surface area contributed by atoms with Gasteiger partial charge in [-0.2, -0.15) is 0 Å². The average Bonchev–Trinajstić information content (AvgIpc) is 2.92. The number of nitrogens with zero attached hydrogens (tertiary/aromatic N) is 1. The molecule has 0 bridgehead atoms. The zero-order chi connectivity index (χ0) is 16.4. The third kappa shape index (κ3) is 3.43. The normalized spacial score (nSPS) is 11.8. The highest BCUT2D eigenvalue weighted by Gasteiger charge is 2.13. The van der Waals surface area contributed by atoms with Crippen molar-refractivity contribution in [2.24, 2.45) is 0 Å². The van der Waals surface area contributed by atoms with Gasteiger partial charge in [0.25, 0.3) is 0 Å². The maximum absolute atomic E-state index is 13.8. The quantitative estimate of drug-likeness (QED) is 0.761. The fourth-order valence-electron chi connectivity index (χ4n) is 2.17. The van der Waals surface area contributed by atoms with Crippen molar-refractivity contribution < 1.29 is 18.7 Å². The van der Waals surface area contributed by atoms with Crippen molar-refractivity contribution in [3.63, 3.8) is 0 Å². The van der Waals surface area contributed by atoms with Crippen LogP contribution in [-0.4, -0.2) is 16.1 Å². The van der Waals surface area contributed by atoms with Crippen LogP contribution in [0.25, 0.3) is 21.9 Å². The molecule has 3 nitrogen and oxygen atoms in total. The van der Waals surface area contributed by atoms with E-state index in [4.69, 9.17) is 5.11 Å².